The van der Waals surface area contributed by atoms with Crippen LogP contribution in [0.25, 0.3) is 11.1 Å². The maximum absolute atomic E-state index is 14.3. The molecule has 124 valence electrons. The molecule has 0 fully saturated rings. The summed E-state index contributed by atoms with van der Waals surface area (Å²) in [4.78, 5) is 16.0. The molecule has 1 aromatic heterocycles. The van der Waals surface area contributed by atoms with Crippen molar-refractivity contribution in [1.82, 2.24) is 10.3 Å². The lowest BCUT2D eigenvalue weighted by atomic mass is 10.1. The summed E-state index contributed by atoms with van der Waals surface area (Å²) in [5.41, 5.74) is 2.07. The predicted molar refractivity (Wildman–Crippen MR) is 87.5 cm³/mol. The van der Waals surface area contributed by atoms with Gasteiger partial charge in [0.15, 0.2) is 5.58 Å². The predicted octanol–water partition coefficient (Wildman–Crippen LogP) is 4.37. The van der Waals surface area contributed by atoms with Crippen LogP contribution in [0.15, 0.2) is 40.8 Å². The molecule has 0 saturated heterocycles. The van der Waals surface area contributed by atoms with Gasteiger partial charge >= 0.3 is 6.09 Å². The van der Waals surface area contributed by atoms with E-state index in [0.29, 0.717) is 11.1 Å². The van der Waals surface area contributed by atoms with E-state index in [1.807, 2.05) is 13.0 Å². The molecule has 0 radical (unpaired) electrons. The Morgan fingerprint density at radius 3 is 2.88 bits per heavy atom. The van der Waals surface area contributed by atoms with Crippen molar-refractivity contribution in [2.24, 2.45) is 0 Å². The van der Waals surface area contributed by atoms with Gasteiger partial charge in [-0.25, -0.2) is 14.2 Å². The van der Waals surface area contributed by atoms with E-state index in [9.17, 15) is 9.18 Å². The van der Waals surface area contributed by atoms with Crippen LogP contribution < -0.4 is 5.32 Å². The van der Waals surface area contributed by atoms with Crippen molar-refractivity contribution in [2.75, 3.05) is 7.05 Å². The number of nitrogens with one attached hydrogen (secondary N) is 1. The summed E-state index contributed by atoms with van der Waals surface area (Å²) in [7, 11) is 1.40. The number of fused-ring (bicyclic) bond motifs is 1. The molecule has 1 amide bonds. The van der Waals surface area contributed by atoms with Gasteiger partial charge in [0.25, 0.3) is 0 Å². The summed E-state index contributed by atoms with van der Waals surface area (Å²) in [5.74, 6) is -0.568. The van der Waals surface area contributed by atoms with Crippen LogP contribution in [-0.2, 0) is 4.74 Å². The molecule has 1 atom stereocenters. The zero-order valence-corrected chi connectivity index (χ0v) is 13.7. The normalized spacial score (nSPS) is 12.2. The number of benzene rings is 2. The number of amides is 1. The van der Waals surface area contributed by atoms with Crippen LogP contribution in [0.3, 0.4) is 0 Å². The Labute approximate surface area is 142 Å². The van der Waals surface area contributed by atoms with Crippen LogP contribution in [0.2, 0.25) is 5.02 Å². The van der Waals surface area contributed by atoms with Crippen molar-refractivity contribution in [1.29, 1.82) is 0 Å². The van der Waals surface area contributed by atoms with Crippen molar-refractivity contribution in [3.8, 4) is 0 Å². The molecule has 2 aromatic carbocycles. The summed E-state index contributed by atoms with van der Waals surface area (Å²) in [6, 6.07) is 9.65. The number of ether oxygens (including phenoxy) is 1. The van der Waals surface area contributed by atoms with E-state index in [4.69, 9.17) is 20.8 Å². The Hall–Kier alpha value is -2.60. The lowest BCUT2D eigenvalue weighted by Gasteiger charge is -2.16. The van der Waals surface area contributed by atoms with Gasteiger partial charge in [-0.1, -0.05) is 23.7 Å². The van der Waals surface area contributed by atoms with Crippen LogP contribution >= 0.6 is 11.6 Å². The fraction of sp³-hybridized carbons (Fsp3) is 0.176. The first-order valence-electron chi connectivity index (χ1n) is 7.19. The molecule has 1 unspecified atom stereocenters. The third kappa shape index (κ3) is 3.05. The third-order valence-electron chi connectivity index (χ3n) is 3.48. The summed E-state index contributed by atoms with van der Waals surface area (Å²) < 4.78 is 25.2. The molecule has 1 N–H and O–H groups in total. The van der Waals surface area contributed by atoms with Gasteiger partial charge in [0.2, 0.25) is 12.0 Å². The minimum atomic E-state index is -1.20. The Morgan fingerprint density at radius 1 is 1.38 bits per heavy atom. The minimum Gasteiger partial charge on any atom is -0.436 e. The van der Waals surface area contributed by atoms with E-state index >= 15 is 0 Å². The molecular weight excluding hydrogens is 335 g/mol. The highest BCUT2D eigenvalue weighted by Crippen LogP contribution is 2.34. The lowest BCUT2D eigenvalue weighted by Crippen LogP contribution is -2.23. The number of hydrogen-bond donors (Lipinski definition) is 1. The number of alkyl carbamates (subject to hydrolysis) is 1. The number of aryl methyl sites for hydroxylation is 1. The Morgan fingerprint density at radius 2 is 2.17 bits per heavy atom. The molecule has 0 bridgehead atoms. The fourth-order valence-electron chi connectivity index (χ4n) is 2.32. The summed E-state index contributed by atoms with van der Waals surface area (Å²) in [5, 5.41) is 2.43. The van der Waals surface area contributed by atoms with Crippen molar-refractivity contribution in [3.05, 3.63) is 64.3 Å². The first-order chi connectivity index (χ1) is 11.5. The highest BCUT2D eigenvalue weighted by Gasteiger charge is 2.29. The Bertz CT molecular complexity index is 890. The van der Waals surface area contributed by atoms with E-state index < -0.39 is 18.0 Å². The van der Waals surface area contributed by atoms with Crippen LogP contribution in [0.4, 0.5) is 9.18 Å². The first-order valence-corrected chi connectivity index (χ1v) is 7.56. The standard InChI is InChI=1S/C17H14ClFN2O3/c1-9-6-7-12-13(8-9)23-16(21-12)15(24-17(22)20-2)14-10(18)4-3-5-11(14)19/h3-8,15H,1-2H3,(H,20,22). The third-order valence-corrected chi connectivity index (χ3v) is 3.81. The molecule has 5 nitrogen and oxygen atoms in total. The molecule has 3 aromatic rings. The van der Waals surface area contributed by atoms with Crippen LogP contribution in [0.1, 0.15) is 23.1 Å². The number of carbonyl (C=O) groups excluding carboxylic acids is 1. The van der Waals surface area contributed by atoms with Gasteiger partial charge in [0, 0.05) is 7.05 Å². The molecule has 0 aliphatic heterocycles. The molecule has 0 spiro atoms. The zero-order chi connectivity index (χ0) is 17.3. The monoisotopic (exact) mass is 348 g/mol. The van der Waals surface area contributed by atoms with Gasteiger partial charge in [-0.05, 0) is 36.8 Å². The molecule has 0 saturated carbocycles. The van der Waals surface area contributed by atoms with Gasteiger partial charge in [0.1, 0.15) is 11.3 Å². The molecule has 24 heavy (non-hydrogen) atoms. The second kappa shape index (κ2) is 6.49. The smallest absolute Gasteiger partial charge is 0.408 e. The molecule has 7 heteroatoms. The largest absolute Gasteiger partial charge is 0.436 e. The van der Waals surface area contributed by atoms with E-state index in [2.05, 4.69) is 10.3 Å². The van der Waals surface area contributed by atoms with Gasteiger partial charge in [-0.3, -0.25) is 0 Å². The van der Waals surface area contributed by atoms with Crippen LogP contribution in [0, 0.1) is 12.7 Å². The number of rotatable bonds is 3. The zero-order valence-electron chi connectivity index (χ0n) is 13.0. The van der Waals surface area contributed by atoms with Crippen molar-refractivity contribution in [2.45, 2.75) is 13.0 Å². The van der Waals surface area contributed by atoms with Gasteiger partial charge < -0.3 is 14.5 Å². The van der Waals surface area contributed by atoms with Crippen molar-refractivity contribution >= 4 is 28.8 Å². The Balaban J connectivity index is 2.14. The quantitative estimate of drug-likeness (QED) is 0.763. The lowest BCUT2D eigenvalue weighted by molar-refractivity contribution is 0.103. The Kier molecular flexibility index (Phi) is 4.40. The second-order valence-corrected chi connectivity index (χ2v) is 5.60. The van der Waals surface area contributed by atoms with Gasteiger partial charge in [0.05, 0.1) is 10.6 Å². The van der Waals surface area contributed by atoms with E-state index in [1.54, 1.807) is 12.1 Å². The maximum Gasteiger partial charge on any atom is 0.408 e. The van der Waals surface area contributed by atoms with Crippen molar-refractivity contribution in [3.63, 3.8) is 0 Å². The minimum absolute atomic E-state index is 0.00829. The summed E-state index contributed by atoms with van der Waals surface area (Å²) in [6.45, 7) is 1.91. The topological polar surface area (TPSA) is 64.4 Å². The van der Waals surface area contributed by atoms with Crippen LogP contribution in [0.5, 0.6) is 0 Å². The number of hydrogen-bond acceptors (Lipinski definition) is 4. The number of nitrogens with zero attached hydrogens (tertiary/aromatic N) is 1. The number of aromatic nitrogens is 1. The molecule has 1 heterocycles. The second-order valence-electron chi connectivity index (χ2n) is 5.19. The highest BCUT2D eigenvalue weighted by atomic mass is 35.5. The molecule has 0 aliphatic carbocycles. The van der Waals surface area contributed by atoms with E-state index in [0.717, 1.165) is 5.56 Å². The van der Waals surface area contributed by atoms with E-state index in [1.165, 1.54) is 25.2 Å². The average Bonchev–Trinajstić information content (AvgIpc) is 2.96. The molecule has 3 rings (SSSR count). The van der Waals surface area contributed by atoms with Crippen molar-refractivity contribution < 1.29 is 18.3 Å². The van der Waals surface area contributed by atoms with Gasteiger partial charge in [-0.2, -0.15) is 0 Å². The number of carbonyl (C=O) groups is 1. The number of oxazole rings is 1. The SMILES string of the molecule is CNC(=O)OC(c1nc2ccc(C)cc2o1)c1c(F)cccc1Cl. The summed E-state index contributed by atoms with van der Waals surface area (Å²) in [6.07, 6.45) is -1.95. The van der Waals surface area contributed by atoms with Gasteiger partial charge in [-0.15, -0.1) is 0 Å². The maximum atomic E-state index is 14.3. The summed E-state index contributed by atoms with van der Waals surface area (Å²) >= 11 is 6.10. The fourth-order valence-corrected chi connectivity index (χ4v) is 2.58. The average molecular weight is 349 g/mol. The molecular formula is C17H14ClFN2O3. The highest BCUT2D eigenvalue weighted by molar-refractivity contribution is 6.31. The van der Waals surface area contributed by atoms with Crippen LogP contribution in [-0.4, -0.2) is 18.1 Å². The number of halogens is 2. The van der Waals surface area contributed by atoms with E-state index in [-0.39, 0.29) is 16.5 Å². The molecule has 0 aliphatic rings. The first kappa shape index (κ1) is 16.3.